The summed E-state index contributed by atoms with van der Waals surface area (Å²) >= 11 is 1.45. The van der Waals surface area contributed by atoms with Crippen LogP contribution >= 0.6 is 11.3 Å². The molecule has 4 nitrogen and oxygen atoms in total. The van der Waals surface area contributed by atoms with Crippen molar-refractivity contribution in [2.24, 2.45) is 5.92 Å². The van der Waals surface area contributed by atoms with Gasteiger partial charge in [-0.15, -0.1) is 0 Å². The minimum absolute atomic E-state index is 0.0213. The number of aromatic nitrogens is 1. The number of nitrogens with one attached hydrogen (secondary N) is 1. The van der Waals surface area contributed by atoms with Gasteiger partial charge in [0.05, 0.1) is 10.2 Å². The summed E-state index contributed by atoms with van der Waals surface area (Å²) < 4.78 is 1.02. The molecular weight excluding hydrogens is 222 g/mol. The molecule has 0 aliphatic carbocycles. The molecule has 0 radical (unpaired) electrons. The number of rotatable bonds is 2. The second-order valence-corrected chi connectivity index (χ2v) is 4.92. The van der Waals surface area contributed by atoms with E-state index in [4.69, 9.17) is 5.73 Å². The van der Waals surface area contributed by atoms with Gasteiger partial charge in [-0.25, -0.2) is 4.98 Å². The molecule has 0 bridgehead atoms. The van der Waals surface area contributed by atoms with E-state index in [1.165, 1.54) is 11.3 Å². The second kappa shape index (κ2) is 4.09. The predicted octanol–water partition coefficient (Wildman–Crippen LogP) is 2.47. The van der Waals surface area contributed by atoms with Gasteiger partial charge in [-0.1, -0.05) is 25.2 Å². The van der Waals surface area contributed by atoms with E-state index in [0.29, 0.717) is 10.8 Å². The molecule has 5 heteroatoms. The zero-order valence-electron chi connectivity index (χ0n) is 9.15. The first-order chi connectivity index (χ1) is 7.56. The van der Waals surface area contributed by atoms with Gasteiger partial charge in [0.15, 0.2) is 5.13 Å². The van der Waals surface area contributed by atoms with Crippen LogP contribution in [-0.2, 0) is 4.79 Å². The fourth-order valence-corrected chi connectivity index (χ4v) is 2.10. The Morgan fingerprint density at radius 2 is 2.25 bits per heavy atom. The van der Waals surface area contributed by atoms with Gasteiger partial charge in [0.1, 0.15) is 0 Å². The highest BCUT2D eigenvalue weighted by molar-refractivity contribution is 7.22. The van der Waals surface area contributed by atoms with Crippen molar-refractivity contribution >= 4 is 38.3 Å². The average Bonchev–Trinajstić information content (AvgIpc) is 2.58. The number of carbonyl (C=O) groups is 1. The van der Waals surface area contributed by atoms with Crippen molar-refractivity contribution in [1.29, 1.82) is 0 Å². The molecule has 1 aromatic heterocycles. The van der Waals surface area contributed by atoms with Crippen molar-refractivity contribution in [3.63, 3.8) is 0 Å². The van der Waals surface area contributed by atoms with Crippen molar-refractivity contribution in [1.82, 2.24) is 4.98 Å². The van der Waals surface area contributed by atoms with E-state index >= 15 is 0 Å². The number of nitrogens with zero attached hydrogens (tertiary/aromatic N) is 1. The summed E-state index contributed by atoms with van der Waals surface area (Å²) in [5.41, 5.74) is 7.16. The summed E-state index contributed by atoms with van der Waals surface area (Å²) in [5, 5.41) is 3.40. The van der Waals surface area contributed by atoms with Crippen LogP contribution in [0.15, 0.2) is 18.2 Å². The topological polar surface area (TPSA) is 68.0 Å². The molecule has 3 N–H and O–H groups in total. The van der Waals surface area contributed by atoms with Crippen LogP contribution in [0.1, 0.15) is 13.8 Å². The molecule has 0 saturated carbocycles. The van der Waals surface area contributed by atoms with Gasteiger partial charge in [-0.05, 0) is 18.2 Å². The summed E-state index contributed by atoms with van der Waals surface area (Å²) in [7, 11) is 0. The Hall–Kier alpha value is -1.62. The normalized spacial score (nSPS) is 10.9. The minimum atomic E-state index is -0.0444. The molecular formula is C11H13N3OS. The maximum Gasteiger partial charge on any atom is 0.228 e. The van der Waals surface area contributed by atoms with Crippen LogP contribution in [0.4, 0.5) is 10.8 Å². The fourth-order valence-electron chi connectivity index (χ4n) is 1.25. The fraction of sp³-hybridized carbons (Fsp3) is 0.273. The molecule has 0 unspecified atom stereocenters. The van der Waals surface area contributed by atoms with Gasteiger partial charge in [0.25, 0.3) is 0 Å². The van der Waals surface area contributed by atoms with Gasteiger partial charge >= 0.3 is 0 Å². The summed E-state index contributed by atoms with van der Waals surface area (Å²) in [6.45, 7) is 3.70. The Morgan fingerprint density at radius 3 is 2.94 bits per heavy atom. The third kappa shape index (κ3) is 2.14. The number of nitrogens with two attached hydrogens (primary N) is 1. The molecule has 0 fully saturated rings. The standard InChI is InChI=1S/C11H13N3OS/c1-6(2)10(15)14-11-13-8-5-7(12)3-4-9(8)16-11/h3-6H,12H2,1-2H3,(H,13,14,15). The van der Waals surface area contributed by atoms with Crippen LogP contribution in [0.25, 0.3) is 10.2 Å². The van der Waals surface area contributed by atoms with Gasteiger partial charge in [0, 0.05) is 11.6 Å². The quantitative estimate of drug-likeness (QED) is 0.786. The molecule has 0 spiro atoms. The van der Waals surface area contributed by atoms with Crippen molar-refractivity contribution in [2.45, 2.75) is 13.8 Å². The number of benzene rings is 1. The number of hydrogen-bond donors (Lipinski definition) is 2. The van der Waals surface area contributed by atoms with Crippen LogP contribution in [0.2, 0.25) is 0 Å². The highest BCUT2D eigenvalue weighted by Crippen LogP contribution is 2.27. The molecule has 2 rings (SSSR count). The van der Waals surface area contributed by atoms with Crippen molar-refractivity contribution < 1.29 is 4.79 Å². The lowest BCUT2D eigenvalue weighted by molar-refractivity contribution is -0.118. The van der Waals surface area contributed by atoms with Gasteiger partial charge in [-0.2, -0.15) is 0 Å². The lowest BCUT2D eigenvalue weighted by atomic mass is 10.2. The van der Waals surface area contributed by atoms with Crippen LogP contribution in [0.5, 0.6) is 0 Å². The Kier molecular flexibility index (Phi) is 2.78. The van der Waals surface area contributed by atoms with E-state index < -0.39 is 0 Å². The lowest BCUT2D eigenvalue weighted by Crippen LogP contribution is -2.17. The van der Waals surface area contributed by atoms with Crippen molar-refractivity contribution in [3.05, 3.63) is 18.2 Å². The van der Waals surface area contributed by atoms with Gasteiger partial charge in [0.2, 0.25) is 5.91 Å². The first kappa shape index (κ1) is 10.9. The van der Waals surface area contributed by atoms with E-state index in [9.17, 15) is 4.79 Å². The predicted molar refractivity (Wildman–Crippen MR) is 67.5 cm³/mol. The summed E-state index contributed by atoms with van der Waals surface area (Å²) in [6, 6.07) is 5.54. The smallest absolute Gasteiger partial charge is 0.228 e. The van der Waals surface area contributed by atoms with Crippen molar-refractivity contribution in [3.8, 4) is 0 Å². The lowest BCUT2D eigenvalue weighted by Gasteiger charge is -2.02. The number of amides is 1. The zero-order chi connectivity index (χ0) is 11.7. The minimum Gasteiger partial charge on any atom is -0.399 e. The Labute approximate surface area is 97.5 Å². The average molecular weight is 235 g/mol. The molecule has 0 aliphatic heterocycles. The highest BCUT2D eigenvalue weighted by atomic mass is 32.1. The van der Waals surface area contributed by atoms with E-state index in [-0.39, 0.29) is 11.8 Å². The van der Waals surface area contributed by atoms with Gasteiger partial charge < -0.3 is 11.1 Å². The Bertz CT molecular complexity index is 533. The first-order valence-corrected chi connectivity index (χ1v) is 5.85. The van der Waals surface area contributed by atoms with Gasteiger partial charge in [-0.3, -0.25) is 4.79 Å². The second-order valence-electron chi connectivity index (χ2n) is 3.89. The molecule has 1 amide bonds. The summed E-state index contributed by atoms with van der Waals surface area (Å²) in [5.74, 6) is -0.0656. The van der Waals surface area contributed by atoms with E-state index in [1.54, 1.807) is 6.07 Å². The van der Waals surface area contributed by atoms with Crippen molar-refractivity contribution in [2.75, 3.05) is 11.1 Å². The zero-order valence-corrected chi connectivity index (χ0v) is 9.97. The molecule has 16 heavy (non-hydrogen) atoms. The number of hydrogen-bond acceptors (Lipinski definition) is 4. The molecule has 0 atom stereocenters. The SMILES string of the molecule is CC(C)C(=O)Nc1nc2cc(N)ccc2s1. The largest absolute Gasteiger partial charge is 0.399 e. The third-order valence-corrected chi connectivity index (χ3v) is 3.12. The first-order valence-electron chi connectivity index (χ1n) is 5.03. The molecule has 0 aliphatic rings. The molecule has 1 heterocycles. The van der Waals surface area contributed by atoms with E-state index in [1.807, 2.05) is 26.0 Å². The number of anilines is 2. The molecule has 2 aromatic rings. The number of nitrogen functional groups attached to an aromatic ring is 1. The van der Waals surface area contributed by atoms with E-state index in [0.717, 1.165) is 10.2 Å². The highest BCUT2D eigenvalue weighted by Gasteiger charge is 2.10. The molecule has 0 saturated heterocycles. The van der Waals surface area contributed by atoms with Crippen LogP contribution in [0, 0.1) is 5.92 Å². The Morgan fingerprint density at radius 1 is 1.50 bits per heavy atom. The van der Waals surface area contributed by atoms with Crippen LogP contribution < -0.4 is 11.1 Å². The van der Waals surface area contributed by atoms with Crippen LogP contribution in [-0.4, -0.2) is 10.9 Å². The Balaban J connectivity index is 2.29. The molecule has 84 valence electrons. The monoisotopic (exact) mass is 235 g/mol. The summed E-state index contributed by atoms with van der Waals surface area (Å²) in [6.07, 6.45) is 0. The van der Waals surface area contributed by atoms with E-state index in [2.05, 4.69) is 10.3 Å². The molecule has 1 aromatic carbocycles. The number of thiazole rings is 1. The number of carbonyl (C=O) groups excluding carboxylic acids is 1. The maximum atomic E-state index is 11.5. The maximum absolute atomic E-state index is 11.5. The summed E-state index contributed by atoms with van der Waals surface area (Å²) in [4.78, 5) is 15.8. The van der Waals surface area contributed by atoms with Crippen LogP contribution in [0.3, 0.4) is 0 Å². The number of fused-ring (bicyclic) bond motifs is 1. The third-order valence-electron chi connectivity index (χ3n) is 2.17.